The Labute approximate surface area is 115 Å². The summed E-state index contributed by atoms with van der Waals surface area (Å²) in [5.74, 6) is 0.629. The minimum atomic E-state index is -0.0827. The number of benzene rings is 1. The Hall–Kier alpha value is -1.07. The van der Waals surface area contributed by atoms with Gasteiger partial charge in [0.15, 0.2) is 0 Å². The van der Waals surface area contributed by atoms with Crippen molar-refractivity contribution in [3.8, 4) is 5.75 Å². The topological polar surface area (TPSA) is 47.6 Å². The molecule has 18 heavy (non-hydrogen) atoms. The van der Waals surface area contributed by atoms with E-state index >= 15 is 0 Å². The second-order valence-corrected chi connectivity index (χ2v) is 5.15. The summed E-state index contributed by atoms with van der Waals surface area (Å²) < 4.78 is 11.3. The Morgan fingerprint density at radius 1 is 1.56 bits per heavy atom. The predicted molar refractivity (Wildman–Crippen MR) is 72.0 cm³/mol. The SMILES string of the molecule is COc1ccc(C(=O)NC2CCOC2C)cc1Br. The number of amides is 1. The Morgan fingerprint density at radius 3 is 2.89 bits per heavy atom. The molecule has 0 aliphatic carbocycles. The van der Waals surface area contributed by atoms with E-state index in [1.165, 1.54) is 0 Å². The smallest absolute Gasteiger partial charge is 0.251 e. The molecular formula is C13H16BrNO3. The zero-order valence-corrected chi connectivity index (χ0v) is 12.0. The molecule has 1 fully saturated rings. The van der Waals surface area contributed by atoms with Gasteiger partial charge in [0.2, 0.25) is 0 Å². The van der Waals surface area contributed by atoms with Gasteiger partial charge >= 0.3 is 0 Å². The highest BCUT2D eigenvalue weighted by Gasteiger charge is 2.26. The van der Waals surface area contributed by atoms with Crippen molar-refractivity contribution >= 4 is 21.8 Å². The Balaban J connectivity index is 2.07. The molecular weight excluding hydrogens is 298 g/mol. The van der Waals surface area contributed by atoms with Gasteiger partial charge in [0.1, 0.15) is 5.75 Å². The Morgan fingerprint density at radius 2 is 2.33 bits per heavy atom. The van der Waals surface area contributed by atoms with Crippen molar-refractivity contribution in [2.75, 3.05) is 13.7 Å². The van der Waals surface area contributed by atoms with Crippen molar-refractivity contribution < 1.29 is 14.3 Å². The summed E-state index contributed by atoms with van der Waals surface area (Å²) in [5, 5.41) is 2.98. The van der Waals surface area contributed by atoms with E-state index in [1.807, 2.05) is 6.92 Å². The van der Waals surface area contributed by atoms with E-state index in [0.29, 0.717) is 17.9 Å². The monoisotopic (exact) mass is 313 g/mol. The van der Waals surface area contributed by atoms with E-state index in [0.717, 1.165) is 10.9 Å². The van der Waals surface area contributed by atoms with Crippen LogP contribution < -0.4 is 10.1 Å². The van der Waals surface area contributed by atoms with Crippen LogP contribution in [0.2, 0.25) is 0 Å². The number of hydrogen-bond donors (Lipinski definition) is 1. The number of rotatable bonds is 3. The van der Waals surface area contributed by atoms with Crippen molar-refractivity contribution in [1.29, 1.82) is 0 Å². The second-order valence-electron chi connectivity index (χ2n) is 4.29. The third kappa shape index (κ3) is 2.84. The number of methoxy groups -OCH3 is 1. The van der Waals surface area contributed by atoms with E-state index in [4.69, 9.17) is 9.47 Å². The molecule has 2 rings (SSSR count). The summed E-state index contributed by atoms with van der Waals surface area (Å²) in [5.41, 5.74) is 0.613. The molecule has 98 valence electrons. The molecule has 1 aliphatic heterocycles. The van der Waals surface area contributed by atoms with Crippen LogP contribution in [0.15, 0.2) is 22.7 Å². The number of halogens is 1. The highest BCUT2D eigenvalue weighted by atomic mass is 79.9. The van der Waals surface area contributed by atoms with Crippen molar-refractivity contribution in [1.82, 2.24) is 5.32 Å². The molecule has 0 radical (unpaired) electrons. The molecule has 0 saturated carbocycles. The first kappa shape index (κ1) is 13.4. The van der Waals surface area contributed by atoms with Crippen LogP contribution in [0.4, 0.5) is 0 Å². The first-order valence-corrected chi connectivity index (χ1v) is 6.67. The van der Waals surface area contributed by atoms with Crippen LogP contribution in [-0.4, -0.2) is 31.8 Å². The van der Waals surface area contributed by atoms with Gasteiger partial charge in [-0.25, -0.2) is 0 Å². The summed E-state index contributed by atoms with van der Waals surface area (Å²) in [6.07, 6.45) is 0.945. The molecule has 1 aliphatic rings. The van der Waals surface area contributed by atoms with Crippen LogP contribution in [0.1, 0.15) is 23.7 Å². The normalized spacial score (nSPS) is 22.8. The van der Waals surface area contributed by atoms with Gasteiger partial charge in [0.05, 0.1) is 23.7 Å². The van der Waals surface area contributed by atoms with Crippen molar-refractivity contribution in [2.45, 2.75) is 25.5 Å². The zero-order valence-electron chi connectivity index (χ0n) is 10.4. The maximum Gasteiger partial charge on any atom is 0.251 e. The maximum atomic E-state index is 12.1. The highest BCUT2D eigenvalue weighted by molar-refractivity contribution is 9.10. The van der Waals surface area contributed by atoms with Crippen molar-refractivity contribution in [2.24, 2.45) is 0 Å². The van der Waals surface area contributed by atoms with E-state index < -0.39 is 0 Å². The fourth-order valence-corrected chi connectivity index (χ4v) is 2.52. The lowest BCUT2D eigenvalue weighted by atomic mass is 10.1. The molecule has 2 atom stereocenters. The minimum Gasteiger partial charge on any atom is -0.496 e. The number of carbonyl (C=O) groups excluding carboxylic acids is 1. The standard InChI is InChI=1S/C13H16BrNO3/c1-8-11(5-6-18-8)15-13(16)9-3-4-12(17-2)10(14)7-9/h3-4,7-8,11H,5-6H2,1-2H3,(H,15,16). The lowest BCUT2D eigenvalue weighted by Gasteiger charge is -2.16. The van der Waals surface area contributed by atoms with Crippen LogP contribution >= 0.6 is 15.9 Å². The average Bonchev–Trinajstić information content (AvgIpc) is 2.75. The van der Waals surface area contributed by atoms with Gasteiger partial charge < -0.3 is 14.8 Å². The van der Waals surface area contributed by atoms with Crippen LogP contribution in [0.3, 0.4) is 0 Å². The molecule has 0 spiro atoms. The van der Waals surface area contributed by atoms with Gasteiger partial charge in [-0.05, 0) is 47.5 Å². The zero-order chi connectivity index (χ0) is 13.1. The Bertz CT molecular complexity index is 450. The van der Waals surface area contributed by atoms with Gasteiger partial charge in [-0.1, -0.05) is 0 Å². The fourth-order valence-electron chi connectivity index (χ4n) is 1.98. The van der Waals surface area contributed by atoms with Gasteiger partial charge in [0.25, 0.3) is 5.91 Å². The molecule has 2 unspecified atom stereocenters. The summed E-state index contributed by atoms with van der Waals surface area (Å²) >= 11 is 3.37. The van der Waals surface area contributed by atoms with Crippen LogP contribution in [-0.2, 0) is 4.74 Å². The molecule has 1 heterocycles. The molecule has 1 aromatic rings. The van der Waals surface area contributed by atoms with Gasteiger partial charge in [0, 0.05) is 12.2 Å². The third-order valence-electron chi connectivity index (χ3n) is 3.11. The summed E-state index contributed by atoms with van der Waals surface area (Å²) in [7, 11) is 1.59. The quantitative estimate of drug-likeness (QED) is 0.932. The predicted octanol–water partition coefficient (Wildman–Crippen LogP) is 2.36. The van der Waals surface area contributed by atoms with Crippen LogP contribution in [0.5, 0.6) is 5.75 Å². The van der Waals surface area contributed by atoms with E-state index in [9.17, 15) is 4.79 Å². The highest BCUT2D eigenvalue weighted by Crippen LogP contribution is 2.25. The molecule has 1 aromatic carbocycles. The fraction of sp³-hybridized carbons (Fsp3) is 0.462. The first-order chi connectivity index (χ1) is 8.61. The number of nitrogens with one attached hydrogen (secondary N) is 1. The van der Waals surface area contributed by atoms with Crippen molar-refractivity contribution in [3.63, 3.8) is 0 Å². The summed E-state index contributed by atoms with van der Waals surface area (Å²) in [6, 6.07) is 5.38. The molecule has 0 aromatic heterocycles. The maximum absolute atomic E-state index is 12.1. The number of carbonyl (C=O) groups is 1. The van der Waals surface area contributed by atoms with Gasteiger partial charge in [-0.2, -0.15) is 0 Å². The van der Waals surface area contributed by atoms with E-state index in [1.54, 1.807) is 25.3 Å². The molecule has 4 nitrogen and oxygen atoms in total. The Kier molecular flexibility index (Phi) is 4.24. The van der Waals surface area contributed by atoms with Gasteiger partial charge in [-0.15, -0.1) is 0 Å². The minimum absolute atomic E-state index is 0.0793. The van der Waals surface area contributed by atoms with Crippen LogP contribution in [0.25, 0.3) is 0 Å². The summed E-state index contributed by atoms with van der Waals surface area (Å²) in [4.78, 5) is 12.1. The molecule has 1 saturated heterocycles. The van der Waals surface area contributed by atoms with Crippen molar-refractivity contribution in [3.05, 3.63) is 28.2 Å². The van der Waals surface area contributed by atoms with Gasteiger partial charge in [-0.3, -0.25) is 4.79 Å². The van der Waals surface area contributed by atoms with Crippen LogP contribution in [0, 0.1) is 0 Å². The average molecular weight is 314 g/mol. The summed E-state index contributed by atoms with van der Waals surface area (Å²) in [6.45, 7) is 2.68. The first-order valence-electron chi connectivity index (χ1n) is 5.88. The third-order valence-corrected chi connectivity index (χ3v) is 3.73. The lowest BCUT2D eigenvalue weighted by molar-refractivity contribution is 0.0866. The molecule has 1 amide bonds. The lowest BCUT2D eigenvalue weighted by Crippen LogP contribution is -2.39. The molecule has 0 bridgehead atoms. The largest absolute Gasteiger partial charge is 0.496 e. The van der Waals surface area contributed by atoms with E-state index in [-0.39, 0.29) is 18.1 Å². The number of hydrogen-bond acceptors (Lipinski definition) is 3. The number of ether oxygens (including phenoxy) is 2. The second kappa shape index (κ2) is 5.71. The molecule has 1 N–H and O–H groups in total. The molecule has 5 heteroatoms. The van der Waals surface area contributed by atoms with E-state index in [2.05, 4.69) is 21.2 Å².